The normalized spacial score (nSPS) is 11.3. The number of ether oxygens (including phenoxy) is 2. The molecule has 0 saturated heterocycles. The molecule has 0 fully saturated rings. The van der Waals surface area contributed by atoms with Gasteiger partial charge in [-0.25, -0.2) is 9.59 Å². The van der Waals surface area contributed by atoms with Crippen LogP contribution in [0.3, 0.4) is 0 Å². The van der Waals surface area contributed by atoms with Crippen LogP contribution in [0.4, 0.5) is 0 Å². The molecule has 0 radical (unpaired) electrons. The second kappa shape index (κ2) is 10.6. The fourth-order valence-electron chi connectivity index (χ4n) is 1.29. The van der Waals surface area contributed by atoms with Crippen molar-refractivity contribution in [3.8, 4) is 0 Å². The van der Waals surface area contributed by atoms with Gasteiger partial charge in [0.1, 0.15) is 0 Å². The topological polar surface area (TPSA) is 52.6 Å². The van der Waals surface area contributed by atoms with Crippen molar-refractivity contribution in [1.82, 2.24) is 0 Å². The molecule has 0 N–H and O–H groups in total. The minimum Gasteiger partial charge on any atom is -0.463 e. The monoisotopic (exact) mass is 270 g/mol. The molecule has 0 spiro atoms. The summed E-state index contributed by atoms with van der Waals surface area (Å²) < 4.78 is 9.88. The van der Waals surface area contributed by atoms with Gasteiger partial charge in [-0.1, -0.05) is 27.7 Å². The summed E-state index contributed by atoms with van der Waals surface area (Å²) in [4.78, 5) is 22.5. The van der Waals surface area contributed by atoms with Gasteiger partial charge < -0.3 is 9.47 Å². The Labute approximate surface area is 116 Å². The van der Waals surface area contributed by atoms with Crippen molar-refractivity contribution in [3.63, 3.8) is 0 Å². The fourth-order valence-corrected chi connectivity index (χ4v) is 1.29. The van der Waals surface area contributed by atoms with E-state index in [-0.39, 0.29) is 0 Å². The highest BCUT2D eigenvalue weighted by molar-refractivity contribution is 5.91. The predicted octanol–water partition coefficient (Wildman–Crippen LogP) is 3.11. The van der Waals surface area contributed by atoms with E-state index < -0.39 is 11.9 Å². The van der Waals surface area contributed by atoms with E-state index in [1.54, 1.807) is 0 Å². The van der Waals surface area contributed by atoms with Crippen molar-refractivity contribution < 1.29 is 19.1 Å². The van der Waals surface area contributed by atoms with Crippen LogP contribution >= 0.6 is 0 Å². The molecule has 0 rings (SSSR count). The van der Waals surface area contributed by atoms with Gasteiger partial charge in [-0.15, -0.1) is 0 Å². The third-order valence-corrected chi connectivity index (χ3v) is 2.47. The zero-order valence-corrected chi connectivity index (χ0v) is 12.5. The molecular formula is C15H26O4. The Morgan fingerprint density at radius 3 is 1.79 bits per heavy atom. The molecule has 0 aliphatic rings. The van der Waals surface area contributed by atoms with E-state index in [1.165, 1.54) is 0 Å². The van der Waals surface area contributed by atoms with Crippen molar-refractivity contribution in [2.75, 3.05) is 13.2 Å². The largest absolute Gasteiger partial charge is 0.463 e. The minimum atomic E-state index is -0.500. The Bertz CT molecular complexity index is 293. The third kappa shape index (κ3) is 12.9. The fraction of sp³-hybridized carbons (Fsp3) is 0.733. The smallest absolute Gasteiger partial charge is 0.331 e. The molecule has 19 heavy (non-hydrogen) atoms. The lowest BCUT2D eigenvalue weighted by molar-refractivity contribution is -0.140. The lowest BCUT2D eigenvalue weighted by Crippen LogP contribution is -2.07. The summed E-state index contributed by atoms with van der Waals surface area (Å²) in [6, 6.07) is 0. The summed E-state index contributed by atoms with van der Waals surface area (Å²) in [5, 5.41) is 0. The van der Waals surface area contributed by atoms with Crippen LogP contribution in [-0.2, 0) is 19.1 Å². The molecule has 0 bridgehead atoms. The maximum absolute atomic E-state index is 11.3. The molecule has 0 aromatic rings. The van der Waals surface area contributed by atoms with E-state index in [2.05, 4.69) is 27.7 Å². The number of esters is 2. The number of hydrogen-bond donors (Lipinski definition) is 0. The van der Waals surface area contributed by atoms with Gasteiger partial charge in [0, 0.05) is 12.2 Å². The maximum Gasteiger partial charge on any atom is 0.331 e. The highest BCUT2D eigenvalue weighted by Crippen LogP contribution is 2.03. The van der Waals surface area contributed by atoms with Crippen molar-refractivity contribution in [1.29, 1.82) is 0 Å². The quantitative estimate of drug-likeness (QED) is 0.367. The molecule has 0 aromatic carbocycles. The molecule has 4 heteroatoms. The van der Waals surface area contributed by atoms with Gasteiger partial charge >= 0.3 is 11.9 Å². The van der Waals surface area contributed by atoms with Gasteiger partial charge in [-0.05, 0) is 31.1 Å². The molecule has 0 aliphatic carbocycles. The van der Waals surface area contributed by atoms with Crippen LogP contribution in [0.15, 0.2) is 12.2 Å². The van der Waals surface area contributed by atoms with E-state index >= 15 is 0 Å². The molecule has 110 valence electrons. The summed E-state index contributed by atoms with van der Waals surface area (Å²) in [6.07, 6.45) is 4.92. The Kier molecular flexibility index (Phi) is 9.85. The van der Waals surface area contributed by atoms with Gasteiger partial charge in [0.25, 0.3) is 0 Å². The SMILES string of the molecule is CC(C)CCCOC(=O)C=CC(=O)OCCC(C)C. The highest BCUT2D eigenvalue weighted by Gasteiger charge is 2.02. The first-order chi connectivity index (χ1) is 8.91. The molecule has 0 atom stereocenters. The summed E-state index contributed by atoms with van der Waals surface area (Å²) >= 11 is 0. The molecule has 0 aromatic heterocycles. The van der Waals surface area contributed by atoms with E-state index in [1.807, 2.05) is 0 Å². The summed E-state index contributed by atoms with van der Waals surface area (Å²) in [5.74, 6) is 0.0947. The predicted molar refractivity (Wildman–Crippen MR) is 74.6 cm³/mol. The lowest BCUT2D eigenvalue weighted by atomic mass is 10.1. The highest BCUT2D eigenvalue weighted by atomic mass is 16.5. The zero-order chi connectivity index (χ0) is 14.7. The first kappa shape index (κ1) is 17.7. The Hall–Kier alpha value is -1.32. The number of hydrogen-bond acceptors (Lipinski definition) is 4. The zero-order valence-electron chi connectivity index (χ0n) is 12.5. The molecule has 0 unspecified atom stereocenters. The molecule has 0 heterocycles. The van der Waals surface area contributed by atoms with Crippen LogP contribution in [0, 0.1) is 11.8 Å². The lowest BCUT2D eigenvalue weighted by Gasteiger charge is -2.05. The average molecular weight is 270 g/mol. The Morgan fingerprint density at radius 1 is 0.842 bits per heavy atom. The van der Waals surface area contributed by atoms with Crippen LogP contribution < -0.4 is 0 Å². The minimum absolute atomic E-state index is 0.379. The number of carbonyl (C=O) groups excluding carboxylic acids is 2. The van der Waals surface area contributed by atoms with Crippen molar-refractivity contribution in [3.05, 3.63) is 12.2 Å². The van der Waals surface area contributed by atoms with Crippen LogP contribution in [0.2, 0.25) is 0 Å². The first-order valence-electron chi connectivity index (χ1n) is 6.93. The molecule has 0 saturated carbocycles. The molecular weight excluding hydrogens is 244 g/mol. The van der Waals surface area contributed by atoms with Crippen LogP contribution in [0.1, 0.15) is 47.0 Å². The average Bonchev–Trinajstić information content (AvgIpc) is 2.31. The summed E-state index contributed by atoms with van der Waals surface area (Å²) in [7, 11) is 0. The molecule has 0 amide bonds. The van der Waals surface area contributed by atoms with Crippen LogP contribution in [0.25, 0.3) is 0 Å². The van der Waals surface area contributed by atoms with Gasteiger partial charge in [0.15, 0.2) is 0 Å². The second-order valence-corrected chi connectivity index (χ2v) is 5.39. The number of rotatable bonds is 9. The van der Waals surface area contributed by atoms with Gasteiger partial charge in [-0.2, -0.15) is 0 Å². The van der Waals surface area contributed by atoms with E-state index in [9.17, 15) is 9.59 Å². The van der Waals surface area contributed by atoms with Gasteiger partial charge in [0.2, 0.25) is 0 Å². The van der Waals surface area contributed by atoms with Crippen LogP contribution in [0.5, 0.6) is 0 Å². The second-order valence-electron chi connectivity index (χ2n) is 5.39. The van der Waals surface area contributed by atoms with E-state index in [0.29, 0.717) is 25.0 Å². The Morgan fingerprint density at radius 2 is 1.32 bits per heavy atom. The van der Waals surface area contributed by atoms with Gasteiger partial charge in [0.05, 0.1) is 13.2 Å². The van der Waals surface area contributed by atoms with E-state index in [0.717, 1.165) is 31.4 Å². The summed E-state index contributed by atoms with van der Waals surface area (Å²) in [6.45, 7) is 9.12. The van der Waals surface area contributed by atoms with Crippen molar-refractivity contribution in [2.24, 2.45) is 11.8 Å². The first-order valence-corrected chi connectivity index (χ1v) is 6.93. The summed E-state index contributed by atoms with van der Waals surface area (Å²) in [5.41, 5.74) is 0. The maximum atomic E-state index is 11.3. The third-order valence-electron chi connectivity index (χ3n) is 2.47. The Balaban J connectivity index is 3.67. The van der Waals surface area contributed by atoms with Gasteiger partial charge in [-0.3, -0.25) is 0 Å². The van der Waals surface area contributed by atoms with Crippen LogP contribution in [-0.4, -0.2) is 25.2 Å². The van der Waals surface area contributed by atoms with Crippen molar-refractivity contribution >= 4 is 11.9 Å². The van der Waals surface area contributed by atoms with E-state index in [4.69, 9.17) is 9.47 Å². The molecule has 4 nitrogen and oxygen atoms in total. The number of carbonyl (C=O) groups is 2. The van der Waals surface area contributed by atoms with Crippen molar-refractivity contribution in [2.45, 2.75) is 47.0 Å². The standard InChI is InChI=1S/C15H26O4/c1-12(2)6-5-10-18-14(16)7-8-15(17)19-11-9-13(3)4/h7-8,12-13H,5-6,9-11H2,1-4H3. The molecule has 0 aliphatic heterocycles.